The van der Waals surface area contributed by atoms with Gasteiger partial charge in [0, 0.05) is 11.3 Å². The van der Waals surface area contributed by atoms with E-state index in [1.54, 1.807) is 12.1 Å². The number of nitrogens with one attached hydrogen (secondary N) is 1. The molecule has 0 aliphatic heterocycles. The van der Waals surface area contributed by atoms with Crippen molar-refractivity contribution < 1.29 is 4.92 Å². The van der Waals surface area contributed by atoms with Gasteiger partial charge in [0.1, 0.15) is 11.9 Å². The van der Waals surface area contributed by atoms with E-state index in [0.29, 0.717) is 5.69 Å². The van der Waals surface area contributed by atoms with Crippen molar-refractivity contribution >= 4 is 23.3 Å². The molecular formula is C11H15N3O2S. The average molecular weight is 253 g/mol. The molecule has 1 fully saturated rings. The van der Waals surface area contributed by atoms with Crippen LogP contribution in [0, 0.1) is 10.1 Å². The summed E-state index contributed by atoms with van der Waals surface area (Å²) in [4.78, 5) is 14.1. The number of hydrogen-bond acceptors (Lipinski definition) is 5. The van der Waals surface area contributed by atoms with Gasteiger partial charge in [0.15, 0.2) is 0 Å². The first-order valence-corrected chi connectivity index (χ1v) is 6.78. The minimum Gasteiger partial charge on any atom is -0.377 e. The maximum absolute atomic E-state index is 10.8. The Kier molecular flexibility index (Phi) is 3.51. The molecule has 1 aliphatic rings. The molecular weight excluding hydrogens is 238 g/mol. The summed E-state index contributed by atoms with van der Waals surface area (Å²) >= 11 is 1.84. The van der Waals surface area contributed by atoms with Gasteiger partial charge in [-0.25, -0.2) is 0 Å². The van der Waals surface area contributed by atoms with Gasteiger partial charge in [-0.1, -0.05) is 6.42 Å². The second-order valence-electron chi connectivity index (χ2n) is 4.23. The summed E-state index contributed by atoms with van der Waals surface area (Å²) < 4.78 is 0.254. The number of aromatic nitrogens is 1. The van der Waals surface area contributed by atoms with Crippen LogP contribution in [0.1, 0.15) is 19.3 Å². The number of pyridine rings is 1. The van der Waals surface area contributed by atoms with E-state index in [2.05, 4.69) is 16.6 Å². The molecule has 17 heavy (non-hydrogen) atoms. The van der Waals surface area contributed by atoms with Crippen molar-refractivity contribution in [3.63, 3.8) is 0 Å². The van der Waals surface area contributed by atoms with Crippen LogP contribution in [0.5, 0.6) is 0 Å². The van der Waals surface area contributed by atoms with Crippen LogP contribution >= 0.6 is 11.8 Å². The molecule has 0 aromatic carbocycles. The number of nitrogens with zero attached hydrogens (tertiary/aromatic N) is 2. The highest BCUT2D eigenvalue weighted by atomic mass is 32.2. The fraction of sp³-hybridized carbons (Fsp3) is 0.545. The van der Waals surface area contributed by atoms with Crippen LogP contribution in [0.15, 0.2) is 18.3 Å². The predicted molar refractivity (Wildman–Crippen MR) is 69.5 cm³/mol. The van der Waals surface area contributed by atoms with Crippen LogP contribution in [0.25, 0.3) is 0 Å². The molecule has 0 radical (unpaired) electrons. The van der Waals surface area contributed by atoms with Crippen LogP contribution in [0.3, 0.4) is 0 Å². The van der Waals surface area contributed by atoms with Crippen LogP contribution < -0.4 is 5.32 Å². The van der Waals surface area contributed by atoms with Crippen LogP contribution in [0.2, 0.25) is 0 Å². The minimum absolute atomic E-state index is 0.0944. The third-order valence-corrected chi connectivity index (χ3v) is 4.68. The second kappa shape index (κ2) is 4.91. The molecule has 0 bridgehead atoms. The molecule has 1 aromatic heterocycles. The van der Waals surface area contributed by atoms with Crippen molar-refractivity contribution in [1.29, 1.82) is 0 Å². The van der Waals surface area contributed by atoms with E-state index in [9.17, 15) is 10.1 Å². The quantitative estimate of drug-likeness (QED) is 0.645. The molecule has 1 aromatic rings. The molecule has 0 spiro atoms. The molecule has 0 amide bonds. The monoisotopic (exact) mass is 253 g/mol. The summed E-state index contributed by atoms with van der Waals surface area (Å²) in [7, 11) is 0. The van der Waals surface area contributed by atoms with Crippen LogP contribution in [-0.4, -0.2) is 27.5 Å². The van der Waals surface area contributed by atoms with Gasteiger partial charge in [-0.3, -0.25) is 0 Å². The molecule has 0 unspecified atom stereocenters. The van der Waals surface area contributed by atoms with Crippen molar-refractivity contribution in [2.24, 2.45) is 0 Å². The van der Waals surface area contributed by atoms with E-state index < -0.39 is 4.92 Å². The Morgan fingerprint density at radius 1 is 1.65 bits per heavy atom. The second-order valence-corrected chi connectivity index (χ2v) is 5.50. The Labute approximate surface area is 104 Å². The Bertz CT molecular complexity index is 415. The highest BCUT2D eigenvalue weighted by molar-refractivity contribution is 8.00. The Morgan fingerprint density at radius 2 is 2.41 bits per heavy atom. The first-order chi connectivity index (χ1) is 8.17. The number of anilines is 1. The van der Waals surface area contributed by atoms with Crippen molar-refractivity contribution in [1.82, 2.24) is 4.98 Å². The topological polar surface area (TPSA) is 68.1 Å². The zero-order valence-corrected chi connectivity index (χ0v) is 10.5. The summed E-state index contributed by atoms with van der Waals surface area (Å²) in [5.74, 6) is -0.0944. The van der Waals surface area contributed by atoms with Gasteiger partial charge in [-0.2, -0.15) is 11.8 Å². The highest BCUT2D eigenvalue weighted by Crippen LogP contribution is 2.43. The standard InChI is InChI=1S/C11H15N3O2S/c1-17-11(5-3-6-11)8-13-9-4-2-7-12-10(9)14(15)16/h2,4,7,13H,3,5-6,8H2,1H3. The van der Waals surface area contributed by atoms with Gasteiger partial charge in [0.05, 0.1) is 0 Å². The fourth-order valence-corrected chi connectivity index (χ4v) is 2.87. The molecule has 2 rings (SSSR count). The highest BCUT2D eigenvalue weighted by Gasteiger charge is 2.36. The number of thioether (sulfide) groups is 1. The molecule has 1 heterocycles. The zero-order chi connectivity index (χ0) is 12.3. The van der Waals surface area contributed by atoms with Crippen LogP contribution in [0.4, 0.5) is 11.5 Å². The van der Waals surface area contributed by atoms with E-state index in [1.165, 1.54) is 25.5 Å². The van der Waals surface area contributed by atoms with E-state index in [-0.39, 0.29) is 10.6 Å². The summed E-state index contributed by atoms with van der Waals surface area (Å²) in [5.41, 5.74) is 0.512. The fourth-order valence-electron chi connectivity index (χ4n) is 1.96. The van der Waals surface area contributed by atoms with Crippen molar-refractivity contribution in [2.75, 3.05) is 18.1 Å². The minimum atomic E-state index is -0.450. The first kappa shape index (κ1) is 12.2. The molecule has 5 nitrogen and oxygen atoms in total. The lowest BCUT2D eigenvalue weighted by atomic mass is 9.84. The predicted octanol–water partition coefficient (Wildman–Crippen LogP) is 2.69. The maximum Gasteiger partial charge on any atom is 0.386 e. The number of rotatable bonds is 5. The van der Waals surface area contributed by atoms with Gasteiger partial charge >= 0.3 is 5.82 Å². The molecule has 1 aliphatic carbocycles. The van der Waals surface area contributed by atoms with E-state index in [0.717, 1.165) is 6.54 Å². The summed E-state index contributed by atoms with van der Waals surface area (Å²) in [6.45, 7) is 0.765. The Hall–Kier alpha value is -1.30. The lowest BCUT2D eigenvalue weighted by molar-refractivity contribution is -0.388. The van der Waals surface area contributed by atoms with E-state index in [1.807, 2.05) is 11.8 Å². The molecule has 0 atom stereocenters. The largest absolute Gasteiger partial charge is 0.386 e. The van der Waals surface area contributed by atoms with Crippen molar-refractivity contribution in [3.8, 4) is 0 Å². The summed E-state index contributed by atoms with van der Waals surface area (Å²) in [6.07, 6.45) is 7.14. The summed E-state index contributed by atoms with van der Waals surface area (Å²) in [6, 6.07) is 3.42. The van der Waals surface area contributed by atoms with E-state index in [4.69, 9.17) is 0 Å². The van der Waals surface area contributed by atoms with Gasteiger partial charge in [-0.05, 0) is 41.1 Å². The maximum atomic E-state index is 10.8. The Balaban J connectivity index is 2.06. The van der Waals surface area contributed by atoms with E-state index >= 15 is 0 Å². The zero-order valence-electron chi connectivity index (χ0n) is 9.68. The average Bonchev–Trinajstić information content (AvgIpc) is 2.28. The molecule has 6 heteroatoms. The van der Waals surface area contributed by atoms with Gasteiger partial charge in [0.25, 0.3) is 0 Å². The van der Waals surface area contributed by atoms with Crippen molar-refractivity contribution in [2.45, 2.75) is 24.0 Å². The van der Waals surface area contributed by atoms with Crippen molar-refractivity contribution in [3.05, 3.63) is 28.4 Å². The van der Waals surface area contributed by atoms with Gasteiger partial charge in [-0.15, -0.1) is 0 Å². The third kappa shape index (κ3) is 2.52. The SMILES string of the molecule is CSC1(CNc2cccnc2[N+](=O)[O-])CCC1. The summed E-state index contributed by atoms with van der Waals surface area (Å²) in [5, 5.41) is 14.0. The Morgan fingerprint density at radius 3 is 2.94 bits per heavy atom. The number of nitro groups is 1. The van der Waals surface area contributed by atoms with Gasteiger partial charge in [0.2, 0.25) is 0 Å². The lowest BCUT2D eigenvalue weighted by Crippen LogP contribution is -2.40. The third-order valence-electron chi connectivity index (χ3n) is 3.26. The first-order valence-electron chi connectivity index (χ1n) is 5.55. The normalized spacial score (nSPS) is 17.2. The molecule has 92 valence electrons. The number of hydrogen-bond donors (Lipinski definition) is 1. The van der Waals surface area contributed by atoms with Crippen LogP contribution in [-0.2, 0) is 0 Å². The molecule has 1 N–H and O–H groups in total. The molecule has 1 saturated carbocycles. The smallest absolute Gasteiger partial charge is 0.377 e. The molecule has 0 saturated heterocycles. The van der Waals surface area contributed by atoms with Gasteiger partial charge < -0.3 is 15.4 Å². The lowest BCUT2D eigenvalue weighted by Gasteiger charge is -2.40.